The molecule has 0 amide bonds. The van der Waals surface area contributed by atoms with Gasteiger partial charge in [-0.25, -0.2) is 0 Å². The van der Waals surface area contributed by atoms with Crippen molar-refractivity contribution in [2.75, 3.05) is 13.1 Å². The number of likely N-dealkylation sites (tertiary alicyclic amines) is 1. The number of aryl methyl sites for hydroxylation is 1. The highest BCUT2D eigenvalue weighted by molar-refractivity contribution is 5.22. The van der Waals surface area contributed by atoms with E-state index in [4.69, 9.17) is 5.73 Å². The molecule has 1 saturated heterocycles. The van der Waals surface area contributed by atoms with E-state index in [1.807, 2.05) is 0 Å². The monoisotopic (exact) mass is 218 g/mol. The van der Waals surface area contributed by atoms with E-state index in [9.17, 15) is 0 Å². The van der Waals surface area contributed by atoms with Crippen molar-refractivity contribution in [3.63, 3.8) is 0 Å². The highest BCUT2D eigenvalue weighted by Crippen LogP contribution is 2.17. The van der Waals surface area contributed by atoms with Crippen LogP contribution in [0, 0.1) is 5.92 Å². The van der Waals surface area contributed by atoms with Gasteiger partial charge >= 0.3 is 0 Å². The van der Waals surface area contributed by atoms with E-state index >= 15 is 0 Å². The Labute approximate surface area is 98.4 Å². The highest BCUT2D eigenvalue weighted by Gasteiger charge is 2.26. The largest absolute Gasteiger partial charge is 0.326 e. The molecular weight excluding hydrogens is 196 g/mol. The average molecular weight is 218 g/mol. The molecule has 0 aromatic heterocycles. The van der Waals surface area contributed by atoms with Gasteiger partial charge in [0.05, 0.1) is 0 Å². The molecule has 2 unspecified atom stereocenters. The molecule has 2 N–H and O–H groups in total. The minimum Gasteiger partial charge on any atom is -0.326 e. The van der Waals surface area contributed by atoms with Crippen LogP contribution >= 0.6 is 0 Å². The third-order valence-corrected chi connectivity index (χ3v) is 3.58. The Hall–Kier alpha value is -0.860. The normalized spacial score (nSPS) is 26.2. The van der Waals surface area contributed by atoms with Crippen LogP contribution in [0.5, 0.6) is 0 Å². The summed E-state index contributed by atoms with van der Waals surface area (Å²) in [6, 6.07) is 9.31. The first-order valence-corrected chi connectivity index (χ1v) is 6.24. The second kappa shape index (κ2) is 4.98. The fraction of sp³-hybridized carbons (Fsp3) is 0.571. The van der Waals surface area contributed by atoms with E-state index in [0.717, 1.165) is 26.1 Å². The van der Waals surface area contributed by atoms with Gasteiger partial charge in [0.25, 0.3) is 0 Å². The average Bonchev–Trinajstić information content (AvgIpc) is 2.59. The molecule has 1 aliphatic rings. The predicted molar refractivity (Wildman–Crippen MR) is 68.2 cm³/mol. The molecule has 1 aliphatic heterocycles. The van der Waals surface area contributed by atoms with Crippen LogP contribution in [-0.2, 0) is 13.0 Å². The molecule has 16 heavy (non-hydrogen) atoms. The lowest BCUT2D eigenvalue weighted by molar-refractivity contribution is 0.319. The number of hydrogen-bond donors (Lipinski definition) is 1. The zero-order valence-corrected chi connectivity index (χ0v) is 10.3. The van der Waals surface area contributed by atoms with Gasteiger partial charge in [0.15, 0.2) is 0 Å². The van der Waals surface area contributed by atoms with E-state index in [0.29, 0.717) is 12.0 Å². The summed E-state index contributed by atoms with van der Waals surface area (Å²) < 4.78 is 0. The molecular formula is C14H22N2. The lowest BCUT2D eigenvalue weighted by Gasteiger charge is -2.15. The molecule has 0 bridgehead atoms. The minimum atomic E-state index is 0.356. The van der Waals surface area contributed by atoms with Gasteiger partial charge in [-0.05, 0) is 23.5 Å². The van der Waals surface area contributed by atoms with Gasteiger partial charge in [-0.3, -0.25) is 4.90 Å². The number of rotatable bonds is 3. The third-order valence-electron chi connectivity index (χ3n) is 3.58. The van der Waals surface area contributed by atoms with Gasteiger partial charge in [-0.2, -0.15) is 0 Å². The van der Waals surface area contributed by atoms with Gasteiger partial charge in [-0.15, -0.1) is 0 Å². The van der Waals surface area contributed by atoms with Gasteiger partial charge < -0.3 is 5.73 Å². The van der Waals surface area contributed by atoms with E-state index in [1.165, 1.54) is 11.1 Å². The molecule has 0 aliphatic carbocycles. The molecule has 0 spiro atoms. The number of nitrogens with zero attached hydrogens (tertiary/aromatic N) is 1. The zero-order chi connectivity index (χ0) is 11.5. The van der Waals surface area contributed by atoms with E-state index < -0.39 is 0 Å². The van der Waals surface area contributed by atoms with Crippen LogP contribution in [-0.4, -0.2) is 24.0 Å². The Kier molecular flexibility index (Phi) is 3.62. The Bertz CT molecular complexity index is 321. The molecule has 88 valence electrons. The third kappa shape index (κ3) is 2.63. The number of hydrogen-bond acceptors (Lipinski definition) is 2. The molecule has 2 atom stereocenters. The summed E-state index contributed by atoms with van der Waals surface area (Å²) >= 11 is 0. The van der Waals surface area contributed by atoms with Crippen LogP contribution in [0.15, 0.2) is 24.3 Å². The number of benzene rings is 1. The van der Waals surface area contributed by atoms with Crippen molar-refractivity contribution in [1.29, 1.82) is 0 Å². The Morgan fingerprint density at radius 2 is 1.81 bits per heavy atom. The molecule has 1 aromatic carbocycles. The fourth-order valence-electron chi connectivity index (χ4n) is 2.36. The van der Waals surface area contributed by atoms with E-state index in [2.05, 4.69) is 43.0 Å². The van der Waals surface area contributed by atoms with Crippen LogP contribution in [0.2, 0.25) is 0 Å². The van der Waals surface area contributed by atoms with Gasteiger partial charge in [0.1, 0.15) is 0 Å². The van der Waals surface area contributed by atoms with Crippen molar-refractivity contribution < 1.29 is 0 Å². The second-order valence-corrected chi connectivity index (χ2v) is 5.01. The van der Waals surface area contributed by atoms with Crippen LogP contribution in [0.25, 0.3) is 0 Å². The molecule has 1 fully saturated rings. The quantitative estimate of drug-likeness (QED) is 0.841. The fourth-order valence-corrected chi connectivity index (χ4v) is 2.36. The van der Waals surface area contributed by atoms with Gasteiger partial charge in [0, 0.05) is 25.7 Å². The minimum absolute atomic E-state index is 0.356. The second-order valence-electron chi connectivity index (χ2n) is 5.01. The van der Waals surface area contributed by atoms with Crippen molar-refractivity contribution >= 4 is 0 Å². The van der Waals surface area contributed by atoms with Crippen molar-refractivity contribution in [1.82, 2.24) is 4.90 Å². The molecule has 1 heterocycles. The van der Waals surface area contributed by atoms with E-state index in [1.54, 1.807) is 0 Å². The van der Waals surface area contributed by atoms with Crippen molar-refractivity contribution in [3.05, 3.63) is 35.4 Å². The summed E-state index contributed by atoms with van der Waals surface area (Å²) in [5.74, 6) is 0.634. The van der Waals surface area contributed by atoms with Crippen LogP contribution in [0.4, 0.5) is 0 Å². The standard InChI is InChI=1S/C14H22N2/c1-3-12-4-6-13(7-5-12)9-16-8-11(2)14(15)10-16/h4-7,11,14H,3,8-10,15H2,1-2H3. The van der Waals surface area contributed by atoms with Crippen LogP contribution in [0.1, 0.15) is 25.0 Å². The molecule has 1 aromatic rings. The van der Waals surface area contributed by atoms with Crippen LogP contribution in [0.3, 0.4) is 0 Å². The molecule has 2 nitrogen and oxygen atoms in total. The summed E-state index contributed by atoms with van der Waals surface area (Å²) in [6.07, 6.45) is 1.12. The summed E-state index contributed by atoms with van der Waals surface area (Å²) in [5.41, 5.74) is 8.84. The summed E-state index contributed by atoms with van der Waals surface area (Å²) in [4.78, 5) is 2.45. The maximum atomic E-state index is 6.03. The Morgan fingerprint density at radius 3 is 2.31 bits per heavy atom. The summed E-state index contributed by atoms with van der Waals surface area (Å²) in [5, 5.41) is 0. The molecule has 2 heteroatoms. The number of nitrogens with two attached hydrogens (primary N) is 1. The first-order chi connectivity index (χ1) is 7.69. The molecule has 0 radical (unpaired) electrons. The van der Waals surface area contributed by atoms with Gasteiger partial charge in [0.2, 0.25) is 0 Å². The maximum Gasteiger partial charge on any atom is 0.0234 e. The first-order valence-electron chi connectivity index (χ1n) is 6.24. The van der Waals surface area contributed by atoms with E-state index in [-0.39, 0.29) is 0 Å². The molecule has 2 rings (SSSR count). The molecule has 0 saturated carbocycles. The predicted octanol–water partition coefficient (Wildman–Crippen LogP) is 2.03. The van der Waals surface area contributed by atoms with Gasteiger partial charge in [-0.1, -0.05) is 38.1 Å². The first kappa shape index (κ1) is 11.6. The maximum absolute atomic E-state index is 6.03. The Balaban J connectivity index is 1.94. The lowest BCUT2D eigenvalue weighted by atomic mass is 10.1. The van der Waals surface area contributed by atoms with Crippen molar-refractivity contribution in [2.24, 2.45) is 11.7 Å². The topological polar surface area (TPSA) is 29.3 Å². The summed E-state index contributed by atoms with van der Waals surface area (Å²) in [6.45, 7) is 7.65. The highest BCUT2D eigenvalue weighted by atomic mass is 15.2. The summed E-state index contributed by atoms with van der Waals surface area (Å²) in [7, 11) is 0. The Morgan fingerprint density at radius 1 is 1.19 bits per heavy atom. The lowest BCUT2D eigenvalue weighted by Crippen LogP contribution is -2.28. The van der Waals surface area contributed by atoms with Crippen molar-refractivity contribution in [3.8, 4) is 0 Å². The zero-order valence-electron chi connectivity index (χ0n) is 10.3. The van der Waals surface area contributed by atoms with Crippen molar-refractivity contribution in [2.45, 2.75) is 32.9 Å². The van der Waals surface area contributed by atoms with Crippen LogP contribution < -0.4 is 5.73 Å². The SMILES string of the molecule is CCc1ccc(CN2CC(C)C(N)C2)cc1. The smallest absolute Gasteiger partial charge is 0.0234 e.